The fourth-order valence-corrected chi connectivity index (χ4v) is 3.75. The lowest BCUT2D eigenvalue weighted by Gasteiger charge is -2.12. The summed E-state index contributed by atoms with van der Waals surface area (Å²) >= 11 is 6.14. The largest absolute Gasteiger partial charge is 0.497 e. The number of amides is 1. The summed E-state index contributed by atoms with van der Waals surface area (Å²) in [6.07, 6.45) is 0. The summed E-state index contributed by atoms with van der Waals surface area (Å²) in [6, 6.07) is 19.1. The van der Waals surface area contributed by atoms with Gasteiger partial charge in [-0.1, -0.05) is 35.9 Å². The van der Waals surface area contributed by atoms with Crippen molar-refractivity contribution in [2.75, 3.05) is 17.1 Å². The van der Waals surface area contributed by atoms with E-state index in [2.05, 4.69) is 10.0 Å². The third kappa shape index (κ3) is 4.62. The number of methoxy groups -OCH3 is 1. The molecule has 6 nitrogen and oxygen atoms in total. The SMILES string of the molecule is COc1cccc(NC(=O)c2cc(NS(=O)(=O)c3ccccc3)ccc2Cl)c1. The number of nitrogens with one attached hydrogen (secondary N) is 2. The standard InChI is InChI=1S/C20H17ClN2O4S/c1-27-16-7-5-6-14(12-16)22-20(24)18-13-15(10-11-19(18)21)23-28(25,26)17-8-3-2-4-9-17/h2-13,23H,1H3,(H,22,24). The summed E-state index contributed by atoms with van der Waals surface area (Å²) in [5.41, 5.74) is 0.887. The van der Waals surface area contributed by atoms with Crippen LogP contribution in [0.2, 0.25) is 5.02 Å². The first-order valence-electron chi connectivity index (χ1n) is 8.22. The Morgan fingerprint density at radius 2 is 1.68 bits per heavy atom. The fraction of sp³-hybridized carbons (Fsp3) is 0.0500. The van der Waals surface area contributed by atoms with Crippen LogP contribution in [0.25, 0.3) is 0 Å². The van der Waals surface area contributed by atoms with Crippen LogP contribution in [0, 0.1) is 0 Å². The molecule has 0 bridgehead atoms. The second kappa shape index (κ2) is 8.33. The van der Waals surface area contributed by atoms with Gasteiger partial charge in [0.25, 0.3) is 15.9 Å². The Labute approximate surface area is 168 Å². The first kappa shape index (κ1) is 19.7. The molecule has 0 unspecified atom stereocenters. The molecule has 0 spiro atoms. The van der Waals surface area contributed by atoms with Crippen LogP contribution in [0.15, 0.2) is 77.7 Å². The van der Waals surface area contributed by atoms with Crippen LogP contribution in [0.1, 0.15) is 10.4 Å². The number of ether oxygens (including phenoxy) is 1. The first-order valence-corrected chi connectivity index (χ1v) is 10.1. The molecule has 0 aliphatic carbocycles. The topological polar surface area (TPSA) is 84.5 Å². The minimum atomic E-state index is -3.78. The van der Waals surface area contributed by atoms with E-state index in [1.807, 2.05) is 0 Å². The number of carbonyl (C=O) groups is 1. The van der Waals surface area contributed by atoms with Gasteiger partial charge < -0.3 is 10.1 Å². The summed E-state index contributed by atoms with van der Waals surface area (Å²) in [4.78, 5) is 12.7. The van der Waals surface area contributed by atoms with Crippen LogP contribution < -0.4 is 14.8 Å². The number of rotatable bonds is 6. The van der Waals surface area contributed by atoms with Gasteiger partial charge in [-0.15, -0.1) is 0 Å². The molecule has 3 aromatic rings. The molecule has 2 N–H and O–H groups in total. The lowest BCUT2D eigenvalue weighted by molar-refractivity contribution is 0.102. The van der Waals surface area contributed by atoms with E-state index in [0.717, 1.165) is 0 Å². The Balaban J connectivity index is 1.84. The zero-order valence-electron chi connectivity index (χ0n) is 14.8. The molecule has 0 radical (unpaired) electrons. The van der Waals surface area contributed by atoms with Crippen LogP contribution in [-0.4, -0.2) is 21.4 Å². The highest BCUT2D eigenvalue weighted by atomic mass is 35.5. The summed E-state index contributed by atoms with van der Waals surface area (Å²) in [5.74, 6) is 0.118. The van der Waals surface area contributed by atoms with Gasteiger partial charge in [-0.2, -0.15) is 0 Å². The Morgan fingerprint density at radius 3 is 2.39 bits per heavy atom. The molecule has 0 heterocycles. The van der Waals surface area contributed by atoms with Gasteiger partial charge in [0.05, 0.1) is 22.6 Å². The molecule has 8 heteroatoms. The zero-order chi connectivity index (χ0) is 20.1. The van der Waals surface area contributed by atoms with E-state index in [0.29, 0.717) is 11.4 Å². The molecule has 0 saturated carbocycles. The number of benzene rings is 3. The van der Waals surface area contributed by atoms with E-state index in [1.54, 1.807) is 42.5 Å². The third-order valence-corrected chi connectivity index (χ3v) is 5.57. The van der Waals surface area contributed by atoms with Crippen LogP contribution in [0.3, 0.4) is 0 Å². The normalized spacial score (nSPS) is 10.9. The predicted octanol–water partition coefficient (Wildman–Crippen LogP) is 4.40. The van der Waals surface area contributed by atoms with Gasteiger partial charge in [-0.05, 0) is 42.5 Å². The highest BCUT2D eigenvalue weighted by molar-refractivity contribution is 7.92. The van der Waals surface area contributed by atoms with Crippen molar-refractivity contribution >= 4 is 38.9 Å². The maximum atomic E-state index is 12.6. The lowest BCUT2D eigenvalue weighted by atomic mass is 10.2. The van der Waals surface area contributed by atoms with Gasteiger partial charge in [0, 0.05) is 17.4 Å². The van der Waals surface area contributed by atoms with Gasteiger partial charge in [0.2, 0.25) is 0 Å². The molecule has 0 aromatic heterocycles. The predicted molar refractivity (Wildman–Crippen MR) is 110 cm³/mol. The van der Waals surface area contributed by atoms with Crippen molar-refractivity contribution in [3.05, 3.63) is 83.4 Å². The summed E-state index contributed by atoms with van der Waals surface area (Å²) in [7, 11) is -2.25. The molecule has 0 aliphatic rings. The molecule has 1 amide bonds. The van der Waals surface area contributed by atoms with Crippen LogP contribution in [-0.2, 0) is 10.0 Å². The van der Waals surface area contributed by atoms with E-state index < -0.39 is 15.9 Å². The van der Waals surface area contributed by atoms with E-state index in [1.165, 1.54) is 37.4 Å². The van der Waals surface area contributed by atoms with Crippen molar-refractivity contribution in [2.24, 2.45) is 0 Å². The van der Waals surface area contributed by atoms with E-state index in [4.69, 9.17) is 16.3 Å². The minimum Gasteiger partial charge on any atom is -0.497 e. The Hall–Kier alpha value is -3.03. The maximum absolute atomic E-state index is 12.6. The van der Waals surface area contributed by atoms with Crippen molar-refractivity contribution in [2.45, 2.75) is 4.90 Å². The van der Waals surface area contributed by atoms with Gasteiger partial charge in [-0.25, -0.2) is 8.42 Å². The highest BCUT2D eigenvalue weighted by Gasteiger charge is 2.17. The van der Waals surface area contributed by atoms with Crippen LogP contribution >= 0.6 is 11.6 Å². The number of hydrogen-bond acceptors (Lipinski definition) is 4. The molecule has 3 rings (SSSR count). The minimum absolute atomic E-state index is 0.118. The number of halogens is 1. The van der Waals surface area contributed by atoms with Crippen molar-refractivity contribution in [3.63, 3.8) is 0 Å². The number of anilines is 2. The maximum Gasteiger partial charge on any atom is 0.261 e. The third-order valence-electron chi connectivity index (χ3n) is 3.84. The van der Waals surface area contributed by atoms with Crippen molar-refractivity contribution in [3.8, 4) is 5.75 Å². The van der Waals surface area contributed by atoms with Crippen LogP contribution in [0.4, 0.5) is 11.4 Å². The average Bonchev–Trinajstić information content (AvgIpc) is 2.70. The summed E-state index contributed by atoms with van der Waals surface area (Å²) < 4.78 is 32.5. The molecular weight excluding hydrogens is 400 g/mol. The number of sulfonamides is 1. The van der Waals surface area contributed by atoms with Gasteiger partial charge in [-0.3, -0.25) is 9.52 Å². The smallest absolute Gasteiger partial charge is 0.261 e. The van der Waals surface area contributed by atoms with Crippen molar-refractivity contribution in [1.82, 2.24) is 0 Å². The Morgan fingerprint density at radius 1 is 0.929 bits per heavy atom. The molecule has 0 aliphatic heterocycles. The average molecular weight is 417 g/mol. The van der Waals surface area contributed by atoms with E-state index >= 15 is 0 Å². The molecule has 28 heavy (non-hydrogen) atoms. The molecular formula is C20H17ClN2O4S. The van der Waals surface area contributed by atoms with Crippen LogP contribution in [0.5, 0.6) is 5.75 Å². The summed E-state index contributed by atoms with van der Waals surface area (Å²) in [5, 5.41) is 2.91. The molecule has 3 aromatic carbocycles. The fourth-order valence-electron chi connectivity index (χ4n) is 2.48. The van der Waals surface area contributed by atoms with E-state index in [-0.39, 0.29) is 21.2 Å². The van der Waals surface area contributed by atoms with Gasteiger partial charge >= 0.3 is 0 Å². The highest BCUT2D eigenvalue weighted by Crippen LogP contribution is 2.25. The van der Waals surface area contributed by atoms with Crippen molar-refractivity contribution < 1.29 is 17.9 Å². The monoisotopic (exact) mass is 416 g/mol. The molecule has 0 saturated heterocycles. The Kier molecular flexibility index (Phi) is 5.87. The first-order chi connectivity index (χ1) is 13.4. The lowest BCUT2D eigenvalue weighted by Crippen LogP contribution is -2.15. The molecule has 0 atom stereocenters. The van der Waals surface area contributed by atoms with Crippen molar-refractivity contribution in [1.29, 1.82) is 0 Å². The quantitative estimate of drug-likeness (QED) is 0.623. The second-order valence-electron chi connectivity index (χ2n) is 5.80. The second-order valence-corrected chi connectivity index (χ2v) is 7.89. The van der Waals surface area contributed by atoms with Gasteiger partial charge in [0.15, 0.2) is 0 Å². The van der Waals surface area contributed by atoms with Gasteiger partial charge in [0.1, 0.15) is 5.75 Å². The summed E-state index contributed by atoms with van der Waals surface area (Å²) in [6.45, 7) is 0. The number of hydrogen-bond donors (Lipinski definition) is 2. The van der Waals surface area contributed by atoms with E-state index in [9.17, 15) is 13.2 Å². The molecule has 0 fully saturated rings. The zero-order valence-corrected chi connectivity index (χ0v) is 16.4. The Bertz CT molecular complexity index is 1100. The molecule has 144 valence electrons. The number of carbonyl (C=O) groups excluding carboxylic acids is 1.